The Morgan fingerprint density at radius 1 is 1.42 bits per heavy atom. The fourth-order valence-corrected chi connectivity index (χ4v) is 2.49. The summed E-state index contributed by atoms with van der Waals surface area (Å²) in [4.78, 5) is 0. The summed E-state index contributed by atoms with van der Waals surface area (Å²) in [7, 11) is 1.63. The molecule has 0 heterocycles. The van der Waals surface area contributed by atoms with Gasteiger partial charge in [0, 0.05) is 12.7 Å². The van der Waals surface area contributed by atoms with Crippen LogP contribution in [-0.4, -0.2) is 26.7 Å². The molecule has 4 nitrogen and oxygen atoms in total. The smallest absolute Gasteiger partial charge is 0.261 e. The van der Waals surface area contributed by atoms with Crippen LogP contribution in [0.5, 0.6) is 5.75 Å². The first-order valence-electron chi connectivity index (χ1n) is 6.39. The van der Waals surface area contributed by atoms with Crippen LogP contribution in [0.3, 0.4) is 0 Å². The normalized spacial score (nSPS) is 17.2. The molecule has 2 rings (SSSR count). The van der Waals surface area contributed by atoms with Crippen molar-refractivity contribution in [2.24, 2.45) is 5.92 Å². The van der Waals surface area contributed by atoms with Crippen LogP contribution < -0.4 is 4.74 Å². The molecule has 1 aliphatic rings. The molecule has 0 bridgehead atoms. The Balaban J connectivity index is 1.97. The molecule has 0 saturated heterocycles. The maximum absolute atomic E-state index is 11.3. The van der Waals surface area contributed by atoms with Crippen molar-refractivity contribution in [1.82, 2.24) is 4.31 Å². The average molecular weight is 281 g/mol. The van der Waals surface area contributed by atoms with E-state index in [-0.39, 0.29) is 0 Å². The molecule has 1 aromatic carbocycles. The zero-order valence-corrected chi connectivity index (χ0v) is 11.8. The third-order valence-corrected chi connectivity index (χ3v) is 4.08. The van der Waals surface area contributed by atoms with Crippen LogP contribution in [0, 0.1) is 5.92 Å². The number of rotatable bonds is 6. The SMILES string of the molecule is COc1ccc(C=CN(CC2CCC2)S(=O)O)cc1. The minimum absolute atomic E-state index is 0.552. The lowest BCUT2D eigenvalue weighted by atomic mass is 9.85. The summed E-state index contributed by atoms with van der Waals surface area (Å²) in [6.45, 7) is 0.649. The van der Waals surface area contributed by atoms with Gasteiger partial charge in [-0.1, -0.05) is 18.6 Å². The van der Waals surface area contributed by atoms with Crippen LogP contribution in [0.1, 0.15) is 24.8 Å². The Morgan fingerprint density at radius 3 is 2.58 bits per heavy atom. The van der Waals surface area contributed by atoms with Crippen LogP contribution in [0.15, 0.2) is 30.5 Å². The van der Waals surface area contributed by atoms with Gasteiger partial charge >= 0.3 is 0 Å². The van der Waals surface area contributed by atoms with Crippen molar-refractivity contribution in [2.75, 3.05) is 13.7 Å². The monoisotopic (exact) mass is 281 g/mol. The lowest BCUT2D eigenvalue weighted by Crippen LogP contribution is -2.29. The number of methoxy groups -OCH3 is 1. The van der Waals surface area contributed by atoms with E-state index in [0.717, 1.165) is 24.2 Å². The lowest BCUT2D eigenvalue weighted by molar-refractivity contribution is 0.271. The van der Waals surface area contributed by atoms with Crippen molar-refractivity contribution in [3.63, 3.8) is 0 Å². The largest absolute Gasteiger partial charge is 0.497 e. The van der Waals surface area contributed by atoms with E-state index in [1.54, 1.807) is 13.3 Å². The van der Waals surface area contributed by atoms with E-state index in [0.29, 0.717) is 12.5 Å². The highest BCUT2D eigenvalue weighted by Crippen LogP contribution is 2.27. The first kappa shape index (κ1) is 14.1. The van der Waals surface area contributed by atoms with Gasteiger partial charge in [0.1, 0.15) is 5.75 Å². The Bertz CT molecular complexity index is 454. The minimum atomic E-state index is -1.95. The molecule has 0 aliphatic heterocycles. The van der Waals surface area contributed by atoms with Gasteiger partial charge in [0.05, 0.1) is 7.11 Å². The summed E-state index contributed by atoms with van der Waals surface area (Å²) >= 11 is -1.95. The van der Waals surface area contributed by atoms with Gasteiger partial charge in [-0.25, -0.2) is 4.21 Å². The quantitative estimate of drug-likeness (QED) is 0.816. The van der Waals surface area contributed by atoms with Gasteiger partial charge in [-0.2, -0.15) is 0 Å². The maximum atomic E-state index is 11.3. The summed E-state index contributed by atoms with van der Waals surface area (Å²) in [5.74, 6) is 1.35. The molecule has 104 valence electrons. The molecule has 0 radical (unpaired) electrons. The molecule has 0 spiro atoms. The molecule has 1 aliphatic carbocycles. The highest BCUT2D eigenvalue weighted by Gasteiger charge is 2.21. The molecule has 1 aromatic rings. The second kappa shape index (κ2) is 6.73. The second-order valence-electron chi connectivity index (χ2n) is 4.72. The summed E-state index contributed by atoms with van der Waals surface area (Å²) in [6.07, 6.45) is 7.08. The second-order valence-corrected chi connectivity index (χ2v) is 5.65. The molecule has 1 saturated carbocycles. The molecule has 5 heteroatoms. The van der Waals surface area contributed by atoms with Gasteiger partial charge in [-0.3, -0.25) is 8.86 Å². The molecule has 0 amide bonds. The van der Waals surface area contributed by atoms with E-state index < -0.39 is 11.3 Å². The number of nitrogens with zero attached hydrogens (tertiary/aromatic N) is 1. The zero-order valence-electron chi connectivity index (χ0n) is 11.0. The standard InChI is InChI=1S/C14H19NO3S/c1-18-14-7-5-12(6-8-14)9-10-15(19(16)17)11-13-3-2-4-13/h5-10,13H,2-4,11H2,1H3,(H,16,17). The van der Waals surface area contributed by atoms with Crippen molar-refractivity contribution in [3.05, 3.63) is 36.0 Å². The van der Waals surface area contributed by atoms with Gasteiger partial charge in [0.2, 0.25) is 0 Å². The van der Waals surface area contributed by atoms with Crippen LogP contribution in [0.2, 0.25) is 0 Å². The maximum Gasteiger partial charge on any atom is 0.261 e. The van der Waals surface area contributed by atoms with Gasteiger partial charge in [0.25, 0.3) is 11.3 Å². The molecule has 1 atom stereocenters. The first-order valence-corrected chi connectivity index (χ1v) is 7.45. The van der Waals surface area contributed by atoms with E-state index in [4.69, 9.17) is 4.74 Å². The van der Waals surface area contributed by atoms with Crippen molar-refractivity contribution in [3.8, 4) is 5.75 Å². The molecule has 1 unspecified atom stereocenters. The molecule has 19 heavy (non-hydrogen) atoms. The third-order valence-electron chi connectivity index (χ3n) is 3.41. The van der Waals surface area contributed by atoms with Crippen LogP contribution in [0.25, 0.3) is 6.08 Å². The Hall–Kier alpha value is -1.33. The Kier molecular flexibility index (Phi) is 4.99. The average Bonchev–Trinajstić information content (AvgIpc) is 2.37. The van der Waals surface area contributed by atoms with Gasteiger partial charge < -0.3 is 4.74 Å². The van der Waals surface area contributed by atoms with Crippen LogP contribution in [0.4, 0.5) is 0 Å². The number of hydrogen-bond donors (Lipinski definition) is 1. The van der Waals surface area contributed by atoms with Crippen molar-refractivity contribution in [1.29, 1.82) is 0 Å². The summed E-state index contributed by atoms with van der Waals surface area (Å²) < 4.78 is 27.1. The first-order chi connectivity index (χ1) is 9.19. The minimum Gasteiger partial charge on any atom is -0.497 e. The van der Waals surface area contributed by atoms with E-state index >= 15 is 0 Å². The van der Waals surface area contributed by atoms with Crippen molar-refractivity contribution in [2.45, 2.75) is 19.3 Å². The lowest BCUT2D eigenvalue weighted by Gasteiger charge is -2.29. The van der Waals surface area contributed by atoms with E-state index in [9.17, 15) is 8.76 Å². The molecular weight excluding hydrogens is 262 g/mol. The Labute approximate surface area is 116 Å². The van der Waals surface area contributed by atoms with Gasteiger partial charge in [-0.15, -0.1) is 0 Å². The molecule has 1 fully saturated rings. The summed E-state index contributed by atoms with van der Waals surface area (Å²) in [5, 5.41) is 0. The highest BCUT2D eigenvalue weighted by atomic mass is 32.2. The number of ether oxygens (including phenoxy) is 1. The zero-order chi connectivity index (χ0) is 13.7. The van der Waals surface area contributed by atoms with Gasteiger partial charge in [0.15, 0.2) is 0 Å². The van der Waals surface area contributed by atoms with E-state index in [1.165, 1.54) is 10.7 Å². The third kappa shape index (κ3) is 4.08. The number of benzene rings is 1. The van der Waals surface area contributed by atoms with E-state index in [1.807, 2.05) is 30.3 Å². The fraction of sp³-hybridized carbons (Fsp3) is 0.429. The molecule has 0 aromatic heterocycles. The predicted octanol–water partition coefficient (Wildman–Crippen LogP) is 2.90. The van der Waals surface area contributed by atoms with Crippen LogP contribution in [-0.2, 0) is 11.3 Å². The van der Waals surface area contributed by atoms with E-state index in [2.05, 4.69) is 0 Å². The molecular formula is C14H19NO3S. The topological polar surface area (TPSA) is 49.8 Å². The fourth-order valence-electron chi connectivity index (χ4n) is 1.99. The molecule has 1 N–H and O–H groups in total. The van der Waals surface area contributed by atoms with Gasteiger partial charge in [-0.05, 0) is 42.5 Å². The number of hydrogen-bond acceptors (Lipinski definition) is 2. The van der Waals surface area contributed by atoms with Crippen molar-refractivity contribution >= 4 is 17.3 Å². The summed E-state index contributed by atoms with van der Waals surface area (Å²) in [5.41, 5.74) is 0.977. The van der Waals surface area contributed by atoms with Crippen LogP contribution >= 0.6 is 0 Å². The Morgan fingerprint density at radius 2 is 2.11 bits per heavy atom. The highest BCUT2D eigenvalue weighted by molar-refractivity contribution is 7.76. The summed E-state index contributed by atoms with van der Waals surface area (Å²) in [6, 6.07) is 7.56. The predicted molar refractivity (Wildman–Crippen MR) is 76.8 cm³/mol. The van der Waals surface area contributed by atoms with Crippen molar-refractivity contribution < 1.29 is 13.5 Å².